The summed E-state index contributed by atoms with van der Waals surface area (Å²) in [6.45, 7) is 0.202. The van der Waals surface area contributed by atoms with Gasteiger partial charge in [0.25, 0.3) is 5.91 Å². The summed E-state index contributed by atoms with van der Waals surface area (Å²) in [5.74, 6) is -1.78. The first-order valence-corrected chi connectivity index (χ1v) is 5.24. The Hall–Kier alpha value is -1.91. The van der Waals surface area contributed by atoms with Crippen molar-refractivity contribution in [3.05, 3.63) is 35.4 Å². The quantitative estimate of drug-likeness (QED) is 0.781. The highest BCUT2D eigenvalue weighted by Crippen LogP contribution is 2.28. The average molecular weight is 237 g/mol. The van der Waals surface area contributed by atoms with Gasteiger partial charge in [0.15, 0.2) is 6.17 Å². The van der Waals surface area contributed by atoms with Crippen LogP contribution in [0.5, 0.6) is 0 Å². The van der Waals surface area contributed by atoms with Crippen LogP contribution < -0.4 is 5.32 Å². The van der Waals surface area contributed by atoms with E-state index in [2.05, 4.69) is 10.1 Å². The zero-order chi connectivity index (χ0) is 12.4. The van der Waals surface area contributed by atoms with Gasteiger partial charge in [-0.15, -0.1) is 0 Å². The van der Waals surface area contributed by atoms with E-state index in [9.17, 15) is 14.0 Å². The zero-order valence-electron chi connectivity index (χ0n) is 9.27. The maximum absolute atomic E-state index is 13.7. The molecule has 5 heteroatoms. The fourth-order valence-electron chi connectivity index (χ4n) is 1.98. The third-order valence-electron chi connectivity index (χ3n) is 2.87. The van der Waals surface area contributed by atoms with Gasteiger partial charge in [-0.3, -0.25) is 4.79 Å². The predicted molar refractivity (Wildman–Crippen MR) is 58.4 cm³/mol. The number of hydrogen-bond acceptors (Lipinski definition) is 3. The lowest BCUT2D eigenvalue weighted by molar-refractivity contribution is -0.123. The lowest BCUT2D eigenvalue weighted by atomic mass is 9.92. The fourth-order valence-corrected chi connectivity index (χ4v) is 1.98. The molecule has 2 rings (SSSR count). The number of halogens is 1. The van der Waals surface area contributed by atoms with Crippen LogP contribution in [0.1, 0.15) is 21.8 Å². The number of ether oxygens (including phenoxy) is 1. The largest absolute Gasteiger partial charge is 0.465 e. The molecule has 4 nitrogen and oxygen atoms in total. The lowest BCUT2D eigenvalue weighted by Gasteiger charge is -2.14. The summed E-state index contributed by atoms with van der Waals surface area (Å²) >= 11 is 0. The van der Waals surface area contributed by atoms with Crippen molar-refractivity contribution in [2.45, 2.75) is 12.1 Å². The molecule has 1 N–H and O–H groups in total. The van der Waals surface area contributed by atoms with Crippen molar-refractivity contribution in [2.24, 2.45) is 0 Å². The topological polar surface area (TPSA) is 55.4 Å². The Labute approximate surface area is 97.8 Å². The van der Waals surface area contributed by atoms with Gasteiger partial charge in [0, 0.05) is 12.5 Å². The number of nitrogens with one attached hydrogen (secondary N) is 1. The number of carbonyl (C=O) groups is 2. The van der Waals surface area contributed by atoms with E-state index < -0.39 is 24.0 Å². The normalized spacial score (nSPS) is 23.3. The number of rotatable bonds is 2. The average Bonchev–Trinajstić information content (AvgIpc) is 2.69. The molecule has 1 saturated heterocycles. The van der Waals surface area contributed by atoms with Crippen molar-refractivity contribution in [2.75, 3.05) is 13.7 Å². The van der Waals surface area contributed by atoms with E-state index in [1.54, 1.807) is 24.3 Å². The minimum absolute atomic E-state index is 0.202. The van der Waals surface area contributed by atoms with Gasteiger partial charge < -0.3 is 10.1 Å². The highest BCUT2D eigenvalue weighted by molar-refractivity contribution is 5.92. The SMILES string of the molecule is COC(=O)c1ccccc1C1CNC(=O)C1F. The van der Waals surface area contributed by atoms with Crippen LogP contribution in [0.25, 0.3) is 0 Å². The van der Waals surface area contributed by atoms with Crippen LogP contribution in [-0.4, -0.2) is 31.7 Å². The van der Waals surface area contributed by atoms with Gasteiger partial charge in [-0.05, 0) is 11.6 Å². The maximum Gasteiger partial charge on any atom is 0.338 e. The van der Waals surface area contributed by atoms with Crippen LogP contribution in [0.4, 0.5) is 4.39 Å². The second-order valence-electron chi connectivity index (χ2n) is 3.83. The first-order chi connectivity index (χ1) is 8.15. The summed E-state index contributed by atoms with van der Waals surface area (Å²) in [5, 5.41) is 2.44. The van der Waals surface area contributed by atoms with E-state index in [1.807, 2.05) is 0 Å². The molecule has 0 aliphatic carbocycles. The number of hydrogen-bond donors (Lipinski definition) is 1. The van der Waals surface area contributed by atoms with Crippen LogP contribution in [0.15, 0.2) is 24.3 Å². The summed E-state index contributed by atoms with van der Waals surface area (Å²) < 4.78 is 18.3. The third-order valence-corrected chi connectivity index (χ3v) is 2.87. The van der Waals surface area contributed by atoms with E-state index in [4.69, 9.17) is 0 Å². The highest BCUT2D eigenvalue weighted by atomic mass is 19.1. The molecule has 0 spiro atoms. The molecule has 1 heterocycles. The molecular formula is C12H12FNO3. The zero-order valence-corrected chi connectivity index (χ0v) is 9.27. The van der Waals surface area contributed by atoms with E-state index in [0.29, 0.717) is 11.1 Å². The Morgan fingerprint density at radius 2 is 2.18 bits per heavy atom. The molecule has 1 aliphatic rings. The van der Waals surface area contributed by atoms with E-state index in [1.165, 1.54) is 7.11 Å². The van der Waals surface area contributed by atoms with Gasteiger partial charge in [0.05, 0.1) is 12.7 Å². The maximum atomic E-state index is 13.7. The Morgan fingerprint density at radius 1 is 1.47 bits per heavy atom. The predicted octanol–water partition coefficient (Wildman–Crippen LogP) is 1.02. The summed E-state index contributed by atoms with van der Waals surface area (Å²) in [4.78, 5) is 22.6. The van der Waals surface area contributed by atoms with Gasteiger partial charge in [0.2, 0.25) is 0 Å². The van der Waals surface area contributed by atoms with Crippen molar-refractivity contribution in [3.63, 3.8) is 0 Å². The van der Waals surface area contributed by atoms with Crippen molar-refractivity contribution in [1.82, 2.24) is 5.32 Å². The Bertz CT molecular complexity index is 461. The van der Waals surface area contributed by atoms with Crippen molar-refractivity contribution in [1.29, 1.82) is 0 Å². The van der Waals surface area contributed by atoms with Gasteiger partial charge in [0.1, 0.15) is 0 Å². The fraction of sp³-hybridized carbons (Fsp3) is 0.333. The molecule has 1 fully saturated rings. The summed E-state index contributed by atoms with van der Waals surface area (Å²) in [6, 6.07) is 6.59. The number of amides is 1. The second kappa shape index (κ2) is 4.53. The standard InChI is InChI=1S/C12H12FNO3/c1-17-12(16)8-5-3-2-4-7(8)9-6-14-11(15)10(9)13/h2-5,9-10H,6H2,1H3,(H,14,15). The number of esters is 1. The summed E-state index contributed by atoms with van der Waals surface area (Å²) in [7, 11) is 1.27. The van der Waals surface area contributed by atoms with Crippen LogP contribution in [0.3, 0.4) is 0 Å². The van der Waals surface area contributed by atoms with E-state index >= 15 is 0 Å². The smallest absolute Gasteiger partial charge is 0.338 e. The number of benzene rings is 1. The molecule has 0 aromatic heterocycles. The number of methoxy groups -OCH3 is 1. The minimum atomic E-state index is -1.61. The molecule has 2 atom stereocenters. The molecule has 2 unspecified atom stereocenters. The van der Waals surface area contributed by atoms with Gasteiger partial charge in [-0.2, -0.15) is 0 Å². The van der Waals surface area contributed by atoms with Crippen molar-refractivity contribution in [3.8, 4) is 0 Å². The molecule has 0 saturated carbocycles. The second-order valence-corrected chi connectivity index (χ2v) is 3.83. The van der Waals surface area contributed by atoms with Crippen LogP contribution in [0, 0.1) is 0 Å². The van der Waals surface area contributed by atoms with Crippen LogP contribution in [0.2, 0.25) is 0 Å². The Balaban J connectivity index is 2.39. The number of alkyl halides is 1. The molecular weight excluding hydrogens is 225 g/mol. The minimum Gasteiger partial charge on any atom is -0.465 e. The Kier molecular flexibility index (Phi) is 3.08. The monoisotopic (exact) mass is 237 g/mol. The van der Waals surface area contributed by atoms with Gasteiger partial charge >= 0.3 is 5.97 Å². The first kappa shape index (κ1) is 11.6. The number of carbonyl (C=O) groups excluding carboxylic acids is 2. The molecule has 1 aromatic rings. The molecule has 1 aliphatic heterocycles. The highest BCUT2D eigenvalue weighted by Gasteiger charge is 2.37. The summed E-state index contributed by atoms with van der Waals surface area (Å²) in [6.07, 6.45) is -1.61. The van der Waals surface area contributed by atoms with Gasteiger partial charge in [-0.1, -0.05) is 18.2 Å². The molecule has 0 radical (unpaired) electrons. The van der Waals surface area contributed by atoms with Crippen LogP contribution >= 0.6 is 0 Å². The molecule has 17 heavy (non-hydrogen) atoms. The molecule has 1 amide bonds. The molecule has 0 bridgehead atoms. The molecule has 1 aromatic carbocycles. The van der Waals surface area contributed by atoms with Crippen molar-refractivity contribution >= 4 is 11.9 Å². The third kappa shape index (κ3) is 2.00. The van der Waals surface area contributed by atoms with Gasteiger partial charge in [-0.25, -0.2) is 9.18 Å². The van der Waals surface area contributed by atoms with Crippen LogP contribution in [-0.2, 0) is 9.53 Å². The Morgan fingerprint density at radius 3 is 2.76 bits per heavy atom. The first-order valence-electron chi connectivity index (χ1n) is 5.24. The van der Waals surface area contributed by atoms with E-state index in [0.717, 1.165) is 0 Å². The van der Waals surface area contributed by atoms with Crippen molar-refractivity contribution < 1.29 is 18.7 Å². The van der Waals surface area contributed by atoms with E-state index in [-0.39, 0.29) is 6.54 Å². The summed E-state index contributed by atoms with van der Waals surface area (Å²) in [5.41, 5.74) is 0.810. The molecule has 90 valence electrons. The lowest BCUT2D eigenvalue weighted by Crippen LogP contribution is -2.20.